The number of anilines is 1. The van der Waals surface area contributed by atoms with E-state index in [2.05, 4.69) is 109 Å². The highest BCUT2D eigenvalue weighted by Gasteiger charge is 2.19. The Labute approximate surface area is 244 Å². The molecule has 0 bridgehead atoms. The van der Waals surface area contributed by atoms with Crippen LogP contribution in [0.25, 0.3) is 0 Å². The van der Waals surface area contributed by atoms with E-state index in [4.69, 9.17) is 15.2 Å². The Morgan fingerprint density at radius 3 is 1.98 bits per heavy atom. The second kappa shape index (κ2) is 14.9. The summed E-state index contributed by atoms with van der Waals surface area (Å²) in [7, 11) is 5.73. The average molecular weight is 552 g/mol. The van der Waals surface area contributed by atoms with Gasteiger partial charge in [0.05, 0.1) is 20.1 Å². The molecule has 0 aliphatic heterocycles. The summed E-state index contributed by atoms with van der Waals surface area (Å²) >= 11 is 0. The van der Waals surface area contributed by atoms with Crippen molar-refractivity contribution in [3.05, 3.63) is 125 Å². The molecule has 0 fully saturated rings. The minimum atomic E-state index is -0.374. The van der Waals surface area contributed by atoms with Crippen molar-refractivity contribution in [2.75, 3.05) is 45.8 Å². The zero-order valence-electron chi connectivity index (χ0n) is 24.3. The molecule has 4 rings (SSSR count). The number of hydrogen-bond donors (Lipinski definition) is 1. The van der Waals surface area contributed by atoms with Gasteiger partial charge in [0.1, 0.15) is 0 Å². The van der Waals surface area contributed by atoms with E-state index in [9.17, 15) is 4.79 Å². The molecule has 4 aromatic carbocycles. The standard InChI is InChI=1S/C35H41N3O3/c1-37(2)31-18-15-27(16-19-31)25-38(26-32(29-11-6-4-7-12-29)30-13-8-5-9-14-30)21-10-22-41-33-20-17-28(24-35(36)39)23-34(33)40-3/h4-9,11-20,23,32H,10,21-22,24-26H2,1-3H3,(H2,36,39). The first-order chi connectivity index (χ1) is 19.9. The van der Waals surface area contributed by atoms with Crippen LogP contribution in [0, 0.1) is 0 Å². The maximum absolute atomic E-state index is 11.3. The van der Waals surface area contributed by atoms with E-state index in [-0.39, 0.29) is 18.2 Å². The molecular formula is C35H41N3O3. The molecule has 6 heteroatoms. The summed E-state index contributed by atoms with van der Waals surface area (Å²) in [6.45, 7) is 3.14. The van der Waals surface area contributed by atoms with E-state index < -0.39 is 0 Å². The summed E-state index contributed by atoms with van der Waals surface area (Å²) in [6.07, 6.45) is 1.02. The van der Waals surface area contributed by atoms with Crippen molar-refractivity contribution in [1.29, 1.82) is 0 Å². The number of amides is 1. The van der Waals surface area contributed by atoms with Gasteiger partial charge in [-0.25, -0.2) is 0 Å². The lowest BCUT2D eigenvalue weighted by Gasteiger charge is -2.29. The Morgan fingerprint density at radius 1 is 0.805 bits per heavy atom. The number of nitrogens with two attached hydrogens (primary N) is 1. The summed E-state index contributed by atoms with van der Waals surface area (Å²) in [4.78, 5) is 15.9. The fraction of sp³-hybridized carbons (Fsp3) is 0.286. The van der Waals surface area contributed by atoms with Crippen molar-refractivity contribution in [1.82, 2.24) is 4.90 Å². The van der Waals surface area contributed by atoms with E-state index in [1.807, 2.05) is 18.2 Å². The van der Waals surface area contributed by atoms with Crippen LogP contribution < -0.4 is 20.1 Å². The van der Waals surface area contributed by atoms with Gasteiger partial charge in [0.2, 0.25) is 5.91 Å². The topological polar surface area (TPSA) is 68.0 Å². The number of carbonyl (C=O) groups excluding carboxylic acids is 1. The molecule has 0 saturated carbocycles. The van der Waals surface area contributed by atoms with E-state index in [0.717, 1.165) is 31.6 Å². The van der Waals surface area contributed by atoms with Gasteiger partial charge >= 0.3 is 0 Å². The Kier molecular flexibility index (Phi) is 10.8. The normalized spacial score (nSPS) is 11.0. The highest BCUT2D eigenvalue weighted by Crippen LogP contribution is 2.29. The van der Waals surface area contributed by atoms with Crippen molar-refractivity contribution in [3.63, 3.8) is 0 Å². The van der Waals surface area contributed by atoms with Crippen molar-refractivity contribution in [2.45, 2.75) is 25.3 Å². The lowest BCUT2D eigenvalue weighted by atomic mass is 9.90. The maximum atomic E-state index is 11.3. The maximum Gasteiger partial charge on any atom is 0.221 e. The summed E-state index contributed by atoms with van der Waals surface area (Å²) in [5.41, 5.74) is 11.2. The molecule has 0 radical (unpaired) electrons. The Balaban J connectivity index is 1.49. The minimum absolute atomic E-state index is 0.172. The van der Waals surface area contributed by atoms with Crippen LogP contribution in [0.2, 0.25) is 0 Å². The molecule has 0 saturated heterocycles. The number of carbonyl (C=O) groups is 1. The van der Waals surface area contributed by atoms with Gasteiger partial charge in [-0.15, -0.1) is 0 Å². The number of nitrogens with zero attached hydrogens (tertiary/aromatic N) is 2. The summed E-state index contributed by atoms with van der Waals surface area (Å²) < 4.78 is 11.6. The van der Waals surface area contributed by atoms with Gasteiger partial charge in [-0.2, -0.15) is 0 Å². The number of benzene rings is 4. The van der Waals surface area contributed by atoms with E-state index in [1.54, 1.807) is 7.11 Å². The number of rotatable bonds is 15. The quantitative estimate of drug-likeness (QED) is 0.187. The Morgan fingerprint density at radius 2 is 1.41 bits per heavy atom. The lowest BCUT2D eigenvalue weighted by molar-refractivity contribution is -0.117. The fourth-order valence-corrected chi connectivity index (χ4v) is 5.04. The SMILES string of the molecule is COc1cc(CC(N)=O)ccc1OCCCN(Cc1ccc(N(C)C)cc1)CC(c1ccccc1)c1ccccc1. The third-order valence-corrected chi connectivity index (χ3v) is 7.19. The molecular weight excluding hydrogens is 510 g/mol. The molecule has 0 spiro atoms. The van der Waals surface area contributed by atoms with Gasteiger partial charge in [-0.1, -0.05) is 78.9 Å². The van der Waals surface area contributed by atoms with Crippen LogP contribution in [0.1, 0.15) is 34.6 Å². The zero-order chi connectivity index (χ0) is 29.0. The van der Waals surface area contributed by atoms with Gasteiger partial charge in [-0.05, 0) is 52.9 Å². The monoisotopic (exact) mass is 551 g/mol. The zero-order valence-corrected chi connectivity index (χ0v) is 24.3. The van der Waals surface area contributed by atoms with E-state index in [0.29, 0.717) is 18.1 Å². The molecule has 6 nitrogen and oxygen atoms in total. The van der Waals surface area contributed by atoms with Gasteiger partial charge in [-0.3, -0.25) is 9.69 Å². The summed E-state index contributed by atoms with van der Waals surface area (Å²) in [5, 5.41) is 0. The third kappa shape index (κ3) is 8.85. The molecule has 1 amide bonds. The predicted octanol–water partition coefficient (Wildman–Crippen LogP) is 5.89. The average Bonchev–Trinajstić information content (AvgIpc) is 2.99. The first kappa shape index (κ1) is 29.7. The van der Waals surface area contributed by atoms with E-state index in [1.165, 1.54) is 22.4 Å². The first-order valence-electron chi connectivity index (χ1n) is 14.1. The molecule has 4 aromatic rings. The van der Waals surface area contributed by atoms with E-state index >= 15 is 0 Å². The fourth-order valence-electron chi connectivity index (χ4n) is 5.04. The van der Waals surface area contributed by atoms with Gasteiger partial charge in [0, 0.05) is 45.3 Å². The lowest BCUT2D eigenvalue weighted by Crippen LogP contribution is -2.30. The highest BCUT2D eigenvalue weighted by atomic mass is 16.5. The molecule has 0 atom stereocenters. The van der Waals surface area contributed by atoms with Crippen LogP contribution in [0.3, 0.4) is 0 Å². The summed E-state index contributed by atoms with van der Waals surface area (Å²) in [5.74, 6) is 1.14. The smallest absolute Gasteiger partial charge is 0.221 e. The largest absolute Gasteiger partial charge is 0.493 e. The minimum Gasteiger partial charge on any atom is -0.493 e. The molecule has 0 aliphatic carbocycles. The molecule has 0 heterocycles. The molecule has 0 unspecified atom stereocenters. The highest BCUT2D eigenvalue weighted by molar-refractivity contribution is 5.76. The number of hydrogen-bond acceptors (Lipinski definition) is 5. The number of primary amides is 1. The Hall–Kier alpha value is -4.29. The number of methoxy groups -OCH3 is 1. The van der Waals surface area contributed by atoms with Crippen molar-refractivity contribution >= 4 is 11.6 Å². The van der Waals surface area contributed by atoms with Crippen molar-refractivity contribution < 1.29 is 14.3 Å². The van der Waals surface area contributed by atoms with Crippen LogP contribution in [-0.2, 0) is 17.8 Å². The van der Waals surface area contributed by atoms with Crippen LogP contribution >= 0.6 is 0 Å². The molecule has 0 aliphatic rings. The Bertz CT molecular complexity index is 1320. The summed E-state index contributed by atoms with van der Waals surface area (Å²) in [6, 6.07) is 35.8. The molecule has 41 heavy (non-hydrogen) atoms. The third-order valence-electron chi connectivity index (χ3n) is 7.19. The second-order valence-corrected chi connectivity index (χ2v) is 10.5. The van der Waals surface area contributed by atoms with Crippen molar-refractivity contribution in [3.8, 4) is 11.5 Å². The van der Waals surface area contributed by atoms with Crippen LogP contribution in [0.4, 0.5) is 5.69 Å². The van der Waals surface area contributed by atoms with Crippen LogP contribution in [0.15, 0.2) is 103 Å². The molecule has 2 N–H and O–H groups in total. The molecule has 214 valence electrons. The van der Waals surface area contributed by atoms with Gasteiger partial charge in [0.25, 0.3) is 0 Å². The van der Waals surface area contributed by atoms with Gasteiger partial charge in [0.15, 0.2) is 11.5 Å². The predicted molar refractivity (Wildman–Crippen MR) is 167 cm³/mol. The van der Waals surface area contributed by atoms with Crippen LogP contribution in [-0.4, -0.2) is 51.7 Å². The molecule has 0 aromatic heterocycles. The van der Waals surface area contributed by atoms with Gasteiger partial charge < -0.3 is 20.1 Å². The first-order valence-corrected chi connectivity index (χ1v) is 14.1. The second-order valence-electron chi connectivity index (χ2n) is 10.5. The van der Waals surface area contributed by atoms with Crippen molar-refractivity contribution in [2.24, 2.45) is 5.73 Å². The number of ether oxygens (including phenoxy) is 2. The van der Waals surface area contributed by atoms with Crippen LogP contribution in [0.5, 0.6) is 11.5 Å².